The molecule has 0 N–H and O–H groups in total. The van der Waals surface area contributed by atoms with Crippen molar-refractivity contribution in [3.63, 3.8) is 0 Å². The molecule has 1 heterocycles. The number of alkyl halides is 2. The first-order valence-corrected chi connectivity index (χ1v) is 5.31. The Hall–Kier alpha value is -0.480. The van der Waals surface area contributed by atoms with Crippen molar-refractivity contribution in [2.75, 3.05) is 13.1 Å². The van der Waals surface area contributed by atoms with Crippen LogP contribution >= 0.6 is 23.2 Å². The lowest BCUT2D eigenvalue weighted by molar-refractivity contribution is -0.533. The number of likely N-dealkylation sites (N-methyl/N-ethyl adjacent to an activating group) is 2. The van der Waals surface area contributed by atoms with E-state index < -0.39 is 17.0 Å². The molecule has 6 heteroatoms. The van der Waals surface area contributed by atoms with E-state index in [-0.39, 0.29) is 5.84 Å². The highest BCUT2D eigenvalue weighted by Gasteiger charge is 2.45. The first-order chi connectivity index (χ1) is 6.54. The Kier molecular flexibility index (Phi) is 3.61. The van der Waals surface area contributed by atoms with Gasteiger partial charge in [-0.1, -0.05) is 23.2 Å². The third-order valence-electron chi connectivity index (χ3n) is 2.23. The molecular formula is C8H12Cl2N2O2. The molecular weight excluding hydrogens is 227 g/mol. The monoisotopic (exact) mass is 238 g/mol. The maximum Gasteiger partial charge on any atom is 0.298 e. The van der Waals surface area contributed by atoms with Gasteiger partial charge in [-0.25, -0.2) is 9.48 Å². The van der Waals surface area contributed by atoms with Gasteiger partial charge in [-0.2, -0.15) is 0 Å². The van der Waals surface area contributed by atoms with Crippen LogP contribution in [0.25, 0.3) is 0 Å². The smallest absolute Gasteiger partial charge is 0.298 e. The molecule has 1 aliphatic rings. The molecule has 1 aliphatic heterocycles. The summed E-state index contributed by atoms with van der Waals surface area (Å²) in [6.45, 7) is 4.64. The van der Waals surface area contributed by atoms with Crippen molar-refractivity contribution in [2.45, 2.75) is 24.8 Å². The molecule has 0 radical (unpaired) electrons. The van der Waals surface area contributed by atoms with Crippen LogP contribution in [-0.4, -0.2) is 45.4 Å². The number of nitrogens with zero attached hydrogens (tertiary/aromatic N) is 2. The fraction of sp³-hybridized carbons (Fsp3) is 0.750. The molecule has 0 aliphatic carbocycles. The Morgan fingerprint density at radius 2 is 2.14 bits per heavy atom. The Balaban J connectivity index is 3.11. The third-order valence-corrected chi connectivity index (χ3v) is 3.31. The van der Waals surface area contributed by atoms with Gasteiger partial charge >= 0.3 is 0 Å². The topological polar surface area (TPSA) is 46.4 Å². The number of carbonyl (C=O) groups excluding carboxylic acids is 1. The highest BCUT2D eigenvalue weighted by molar-refractivity contribution is 6.37. The van der Waals surface area contributed by atoms with Crippen LogP contribution < -0.4 is 5.11 Å². The van der Waals surface area contributed by atoms with E-state index in [2.05, 4.69) is 0 Å². The number of carboxylic acid groups (broad SMARTS) is 1. The molecule has 14 heavy (non-hydrogen) atoms. The lowest BCUT2D eigenvalue weighted by atomic mass is 10.5. The van der Waals surface area contributed by atoms with Gasteiger partial charge in [-0.05, 0) is 13.8 Å². The number of carboxylic acids is 1. The summed E-state index contributed by atoms with van der Waals surface area (Å²) in [6.07, 6.45) is 0. The Morgan fingerprint density at radius 1 is 1.57 bits per heavy atom. The van der Waals surface area contributed by atoms with Crippen LogP contribution in [0.15, 0.2) is 0 Å². The quantitative estimate of drug-likeness (QED) is 0.383. The second-order valence-corrected chi connectivity index (χ2v) is 3.82. The van der Waals surface area contributed by atoms with Crippen LogP contribution in [0.1, 0.15) is 13.8 Å². The fourth-order valence-corrected chi connectivity index (χ4v) is 2.31. The van der Waals surface area contributed by atoms with Gasteiger partial charge < -0.3 is 9.90 Å². The maximum absolute atomic E-state index is 10.9. The van der Waals surface area contributed by atoms with E-state index >= 15 is 0 Å². The number of aliphatic carboxylic acids is 1. The number of amidine groups is 1. The summed E-state index contributed by atoms with van der Waals surface area (Å²) in [5.41, 5.74) is -1.04. The average molecular weight is 239 g/mol. The standard InChI is InChI=1S/C8H12Cl2N2O2/c1-3-11-5(9)6(10)12(4-2)7(11)8(13)14/h5-6H,3-4H2,1-2H3. The summed E-state index contributed by atoms with van der Waals surface area (Å²) in [4.78, 5) is 12.4. The number of rotatable bonds is 3. The van der Waals surface area contributed by atoms with Crippen molar-refractivity contribution in [3.8, 4) is 0 Å². The van der Waals surface area contributed by atoms with Crippen LogP contribution in [-0.2, 0) is 4.79 Å². The van der Waals surface area contributed by atoms with E-state index in [1.165, 1.54) is 9.48 Å². The lowest BCUT2D eigenvalue weighted by Gasteiger charge is -2.14. The zero-order valence-electron chi connectivity index (χ0n) is 8.04. The zero-order valence-corrected chi connectivity index (χ0v) is 9.55. The predicted octanol–water partition coefficient (Wildman–Crippen LogP) is -0.367. The van der Waals surface area contributed by atoms with Crippen molar-refractivity contribution in [2.24, 2.45) is 0 Å². The van der Waals surface area contributed by atoms with Gasteiger partial charge in [0.15, 0.2) is 5.97 Å². The van der Waals surface area contributed by atoms with Crippen LogP contribution in [0.2, 0.25) is 0 Å². The van der Waals surface area contributed by atoms with Gasteiger partial charge in [0.25, 0.3) is 5.84 Å². The SMILES string of the molecule is CCN1C(C(=O)[O-])=[N+](CC)C(Cl)C1Cl. The van der Waals surface area contributed by atoms with Gasteiger partial charge in [0.05, 0.1) is 13.1 Å². The molecule has 0 amide bonds. The fourth-order valence-electron chi connectivity index (χ4n) is 1.58. The minimum Gasteiger partial charge on any atom is -0.538 e. The summed E-state index contributed by atoms with van der Waals surface area (Å²) in [5.74, 6) is -1.16. The Morgan fingerprint density at radius 3 is 2.50 bits per heavy atom. The first-order valence-electron chi connectivity index (χ1n) is 4.44. The Labute approximate surface area is 92.7 Å². The van der Waals surface area contributed by atoms with Crippen LogP contribution in [0.3, 0.4) is 0 Å². The maximum atomic E-state index is 10.9. The zero-order chi connectivity index (χ0) is 10.9. The molecule has 0 spiro atoms. The first kappa shape index (κ1) is 11.6. The average Bonchev–Trinajstić information content (AvgIpc) is 2.39. The molecule has 0 aromatic heterocycles. The molecule has 0 saturated heterocycles. The third kappa shape index (κ3) is 1.68. The van der Waals surface area contributed by atoms with Gasteiger partial charge in [0, 0.05) is 0 Å². The molecule has 80 valence electrons. The highest BCUT2D eigenvalue weighted by atomic mass is 35.5. The van der Waals surface area contributed by atoms with Crippen molar-refractivity contribution in [3.05, 3.63) is 0 Å². The summed E-state index contributed by atoms with van der Waals surface area (Å²) in [6, 6.07) is 0. The minimum atomic E-state index is -1.23. The number of halogens is 2. The second-order valence-electron chi connectivity index (χ2n) is 2.93. The summed E-state index contributed by atoms with van der Waals surface area (Å²) >= 11 is 12.0. The molecule has 2 unspecified atom stereocenters. The van der Waals surface area contributed by atoms with Crippen molar-refractivity contribution >= 4 is 35.0 Å². The molecule has 4 nitrogen and oxygen atoms in total. The van der Waals surface area contributed by atoms with E-state index in [0.717, 1.165) is 0 Å². The molecule has 2 atom stereocenters. The molecule has 0 fully saturated rings. The predicted molar refractivity (Wildman–Crippen MR) is 52.5 cm³/mol. The highest BCUT2D eigenvalue weighted by Crippen LogP contribution is 2.23. The van der Waals surface area contributed by atoms with E-state index in [9.17, 15) is 9.90 Å². The summed E-state index contributed by atoms with van der Waals surface area (Å²) in [7, 11) is 0. The van der Waals surface area contributed by atoms with Crippen LogP contribution in [0, 0.1) is 0 Å². The number of carbonyl (C=O) groups is 1. The van der Waals surface area contributed by atoms with E-state index in [4.69, 9.17) is 23.2 Å². The number of hydrogen-bond acceptors (Lipinski definition) is 3. The molecule has 0 bridgehead atoms. The van der Waals surface area contributed by atoms with Crippen LogP contribution in [0.4, 0.5) is 0 Å². The van der Waals surface area contributed by atoms with E-state index in [1.807, 2.05) is 13.8 Å². The lowest BCUT2D eigenvalue weighted by Crippen LogP contribution is -2.45. The molecule has 0 saturated carbocycles. The minimum absolute atomic E-state index is 0.0787. The van der Waals surface area contributed by atoms with Crippen LogP contribution in [0.5, 0.6) is 0 Å². The van der Waals surface area contributed by atoms with Gasteiger partial charge in [0.1, 0.15) is 0 Å². The molecule has 0 aromatic rings. The van der Waals surface area contributed by atoms with Crippen molar-refractivity contribution < 1.29 is 14.5 Å². The van der Waals surface area contributed by atoms with Crippen molar-refractivity contribution in [1.29, 1.82) is 0 Å². The van der Waals surface area contributed by atoms with Gasteiger partial charge in [0.2, 0.25) is 11.0 Å². The van der Waals surface area contributed by atoms with Crippen molar-refractivity contribution in [1.82, 2.24) is 4.90 Å². The summed E-state index contributed by atoms with van der Waals surface area (Å²) < 4.78 is 1.53. The largest absolute Gasteiger partial charge is 0.538 e. The molecule has 1 rings (SSSR count). The van der Waals surface area contributed by atoms with Gasteiger partial charge in [-0.15, -0.1) is 0 Å². The number of hydrogen-bond donors (Lipinski definition) is 0. The van der Waals surface area contributed by atoms with E-state index in [0.29, 0.717) is 13.1 Å². The second kappa shape index (κ2) is 4.36. The Bertz CT molecular complexity index is 281. The van der Waals surface area contributed by atoms with E-state index in [1.54, 1.807) is 0 Å². The van der Waals surface area contributed by atoms with Gasteiger partial charge in [-0.3, -0.25) is 0 Å². The summed E-state index contributed by atoms with van der Waals surface area (Å²) in [5, 5.41) is 10.9. The molecule has 0 aromatic carbocycles. The normalized spacial score (nSPS) is 27.3.